The fourth-order valence-corrected chi connectivity index (χ4v) is 7.62. The summed E-state index contributed by atoms with van der Waals surface area (Å²) < 4.78 is 29.6. The number of piperidine rings is 1. The minimum absolute atomic E-state index is 0.0446. The summed E-state index contributed by atoms with van der Waals surface area (Å²) in [6.45, 7) is 3.21. The van der Waals surface area contributed by atoms with Crippen LogP contribution in [0.1, 0.15) is 74.0 Å². The monoisotopic (exact) mass is 570 g/mol. The summed E-state index contributed by atoms with van der Waals surface area (Å²) >= 11 is 0. The number of carbonyl (C=O) groups is 1. The number of benzene rings is 3. The van der Waals surface area contributed by atoms with Crippen LogP contribution >= 0.6 is 0 Å². The van der Waals surface area contributed by atoms with Gasteiger partial charge in [-0.25, -0.2) is 13.1 Å². The van der Waals surface area contributed by atoms with E-state index >= 15 is 0 Å². The maximum atomic E-state index is 13.4. The van der Waals surface area contributed by atoms with Crippen molar-refractivity contribution in [1.82, 2.24) is 9.62 Å². The van der Waals surface area contributed by atoms with Crippen LogP contribution in [0.2, 0.25) is 0 Å². The summed E-state index contributed by atoms with van der Waals surface area (Å²) in [5, 5.41) is 2.96. The van der Waals surface area contributed by atoms with Crippen LogP contribution in [0.5, 0.6) is 0 Å². The van der Waals surface area contributed by atoms with Crippen LogP contribution in [0.15, 0.2) is 82.7 Å². The average Bonchev–Trinajstić information content (AvgIpc) is 3.33. The van der Waals surface area contributed by atoms with Crippen LogP contribution < -0.4 is 10.0 Å². The lowest BCUT2D eigenvalue weighted by Crippen LogP contribution is -2.36. The van der Waals surface area contributed by atoms with Gasteiger partial charge in [-0.2, -0.15) is 0 Å². The molecule has 3 aliphatic rings. The highest BCUT2D eigenvalue weighted by Gasteiger charge is 2.37. The molecule has 7 nitrogen and oxygen atoms in total. The molecule has 2 aliphatic heterocycles. The lowest BCUT2D eigenvalue weighted by atomic mass is 9.90. The molecule has 1 saturated carbocycles. The number of likely N-dealkylation sites (tertiary alicyclic amines) is 1. The molecule has 41 heavy (non-hydrogen) atoms. The molecule has 6 rings (SSSR count). The minimum atomic E-state index is -3.72. The van der Waals surface area contributed by atoms with Crippen LogP contribution in [-0.2, 0) is 21.4 Å². The summed E-state index contributed by atoms with van der Waals surface area (Å²) in [4.78, 5) is 21.1. The molecule has 2 heterocycles. The third kappa shape index (κ3) is 6.45. The van der Waals surface area contributed by atoms with Gasteiger partial charge in [0.25, 0.3) is 0 Å². The van der Waals surface area contributed by atoms with Gasteiger partial charge in [0.1, 0.15) is 5.92 Å². The summed E-state index contributed by atoms with van der Waals surface area (Å²) in [5.74, 6) is -0.940. The Morgan fingerprint density at radius 3 is 2.32 bits per heavy atom. The minimum Gasteiger partial charge on any atom is -0.325 e. The zero-order valence-corrected chi connectivity index (χ0v) is 24.2. The Bertz CT molecular complexity index is 1510. The van der Waals surface area contributed by atoms with Crippen LogP contribution in [-0.4, -0.2) is 44.1 Å². The van der Waals surface area contributed by atoms with E-state index in [1.54, 1.807) is 18.2 Å². The van der Waals surface area contributed by atoms with Gasteiger partial charge < -0.3 is 5.32 Å². The molecule has 2 N–H and O–H groups in total. The van der Waals surface area contributed by atoms with E-state index in [4.69, 9.17) is 4.99 Å². The molecular weight excluding hydrogens is 532 g/mol. The van der Waals surface area contributed by atoms with E-state index < -0.39 is 15.9 Å². The van der Waals surface area contributed by atoms with Crippen LogP contribution in [0, 0.1) is 0 Å². The van der Waals surface area contributed by atoms with Gasteiger partial charge in [0, 0.05) is 18.3 Å². The molecule has 1 amide bonds. The maximum absolute atomic E-state index is 13.4. The zero-order valence-electron chi connectivity index (χ0n) is 23.4. The van der Waals surface area contributed by atoms with E-state index in [-0.39, 0.29) is 16.8 Å². The first-order valence-corrected chi connectivity index (χ1v) is 16.4. The average molecular weight is 571 g/mol. The summed E-state index contributed by atoms with van der Waals surface area (Å²) in [7, 11) is -3.72. The van der Waals surface area contributed by atoms with E-state index in [9.17, 15) is 13.2 Å². The second-order valence-electron chi connectivity index (χ2n) is 11.5. The Hall–Kier alpha value is -3.33. The largest absolute Gasteiger partial charge is 0.325 e. The number of hydrogen-bond donors (Lipinski definition) is 2. The van der Waals surface area contributed by atoms with E-state index in [0.29, 0.717) is 17.0 Å². The highest BCUT2D eigenvalue weighted by molar-refractivity contribution is 7.89. The molecule has 1 saturated heterocycles. The van der Waals surface area contributed by atoms with Gasteiger partial charge in [-0.1, -0.05) is 68.1 Å². The Morgan fingerprint density at radius 2 is 1.59 bits per heavy atom. The molecule has 0 aromatic heterocycles. The fraction of sp³-hybridized carbons (Fsp3) is 0.394. The number of hydrogen-bond acceptors (Lipinski definition) is 5. The van der Waals surface area contributed by atoms with Crippen molar-refractivity contribution in [2.24, 2.45) is 4.99 Å². The van der Waals surface area contributed by atoms with Crippen molar-refractivity contribution in [2.45, 2.75) is 74.8 Å². The van der Waals surface area contributed by atoms with Crippen LogP contribution in [0.3, 0.4) is 0 Å². The molecule has 0 spiro atoms. The number of nitrogens with one attached hydrogen (secondary N) is 2. The topological polar surface area (TPSA) is 90.9 Å². The van der Waals surface area contributed by atoms with Crippen molar-refractivity contribution < 1.29 is 13.2 Å². The highest BCUT2D eigenvalue weighted by Crippen LogP contribution is 2.38. The van der Waals surface area contributed by atoms with E-state index in [1.165, 1.54) is 24.8 Å². The van der Waals surface area contributed by atoms with Crippen molar-refractivity contribution >= 4 is 33.0 Å². The molecule has 3 aromatic carbocycles. The number of sulfonamides is 1. The Morgan fingerprint density at radius 1 is 0.878 bits per heavy atom. The third-order valence-corrected chi connectivity index (χ3v) is 9.99. The molecule has 214 valence electrons. The van der Waals surface area contributed by atoms with E-state index in [2.05, 4.69) is 27.1 Å². The van der Waals surface area contributed by atoms with Gasteiger partial charge in [-0.15, -0.1) is 0 Å². The van der Waals surface area contributed by atoms with Gasteiger partial charge in [-0.05, 0) is 85.8 Å². The zero-order chi connectivity index (χ0) is 28.2. The number of rotatable bonds is 8. The molecular formula is C33H38N4O3S. The van der Waals surface area contributed by atoms with Crippen molar-refractivity contribution in [3.8, 4) is 0 Å². The summed E-state index contributed by atoms with van der Waals surface area (Å²) in [5.41, 5.74) is 4.68. The number of aliphatic imine (C=N–C) groups is 1. The smallest absolute Gasteiger partial charge is 0.240 e. The molecule has 0 radical (unpaired) electrons. The van der Waals surface area contributed by atoms with E-state index in [0.717, 1.165) is 63.0 Å². The lowest BCUT2D eigenvalue weighted by Gasteiger charge is -2.26. The first-order chi connectivity index (χ1) is 20.0. The lowest BCUT2D eigenvalue weighted by molar-refractivity contribution is -0.115. The second-order valence-corrected chi connectivity index (χ2v) is 13.2. The van der Waals surface area contributed by atoms with Gasteiger partial charge in [-0.3, -0.25) is 14.7 Å². The predicted molar refractivity (Wildman–Crippen MR) is 163 cm³/mol. The summed E-state index contributed by atoms with van der Waals surface area (Å²) in [6.07, 6.45) is 8.76. The molecule has 2 fully saturated rings. The molecule has 1 unspecified atom stereocenters. The Labute approximate surface area is 243 Å². The Balaban J connectivity index is 1.32. The molecule has 1 aliphatic carbocycles. The van der Waals surface area contributed by atoms with Gasteiger partial charge in [0.05, 0.1) is 16.3 Å². The van der Waals surface area contributed by atoms with E-state index in [1.807, 2.05) is 42.5 Å². The predicted octanol–water partition coefficient (Wildman–Crippen LogP) is 6.14. The van der Waals surface area contributed by atoms with Gasteiger partial charge >= 0.3 is 0 Å². The van der Waals surface area contributed by atoms with Crippen molar-refractivity contribution in [3.05, 3.63) is 89.5 Å². The van der Waals surface area contributed by atoms with Crippen molar-refractivity contribution in [3.63, 3.8) is 0 Å². The van der Waals surface area contributed by atoms with Crippen LogP contribution in [0.25, 0.3) is 0 Å². The molecule has 1 atom stereocenters. The summed E-state index contributed by atoms with van der Waals surface area (Å²) in [6, 6.07) is 22.8. The van der Waals surface area contributed by atoms with Crippen LogP contribution in [0.4, 0.5) is 11.4 Å². The number of fused-ring (bicyclic) bond motifs is 1. The first-order valence-electron chi connectivity index (χ1n) is 14.9. The number of carbonyl (C=O) groups excluding carboxylic acids is 1. The SMILES string of the molecule is O=C1Nc2ccc(S(=O)(=O)NC3CCCCC3)cc2C1C(=Nc1ccc(CN2CCCCC2)cc1)c1ccccc1. The van der Waals surface area contributed by atoms with Gasteiger partial charge in [0.2, 0.25) is 15.9 Å². The number of anilines is 1. The van der Waals surface area contributed by atoms with Gasteiger partial charge in [0.15, 0.2) is 0 Å². The first kappa shape index (κ1) is 27.8. The fourth-order valence-electron chi connectivity index (χ4n) is 6.28. The molecule has 0 bridgehead atoms. The number of nitrogens with zero attached hydrogens (tertiary/aromatic N) is 2. The van der Waals surface area contributed by atoms with Crippen molar-refractivity contribution in [1.29, 1.82) is 0 Å². The normalized spacial score (nSPS) is 20.5. The Kier molecular flexibility index (Phi) is 8.32. The maximum Gasteiger partial charge on any atom is 0.240 e. The second kappa shape index (κ2) is 12.3. The standard InChI is InChI=1S/C33H38N4O3S/c38-33-31(29-22-28(18-19-30(29)35-33)41(39,40)36-27-12-6-2-7-13-27)32(25-10-4-1-5-11-25)34-26-16-14-24(15-17-26)23-37-20-8-3-9-21-37/h1,4-5,10-11,14-19,22,27,31,36H,2-3,6-9,12-13,20-21,23H2,(H,35,38). The highest BCUT2D eigenvalue weighted by atomic mass is 32.2. The molecule has 8 heteroatoms. The third-order valence-electron chi connectivity index (χ3n) is 8.48. The quantitative estimate of drug-likeness (QED) is 0.318. The molecule has 3 aromatic rings. The van der Waals surface area contributed by atoms with Crippen molar-refractivity contribution in [2.75, 3.05) is 18.4 Å². The number of amides is 1.